The van der Waals surface area contributed by atoms with Gasteiger partial charge in [-0.25, -0.2) is 4.39 Å². The molecule has 0 unspecified atom stereocenters. The Morgan fingerprint density at radius 3 is 2.77 bits per heavy atom. The van der Waals surface area contributed by atoms with Gasteiger partial charge in [0, 0.05) is 5.02 Å². The monoisotopic (exact) mass is 201 g/mol. The molecule has 1 aromatic carbocycles. The van der Waals surface area contributed by atoms with Crippen molar-refractivity contribution >= 4 is 17.4 Å². The van der Waals surface area contributed by atoms with Crippen LogP contribution < -0.4 is 5.73 Å². The smallest absolute Gasteiger partial charge is 0.179 e. The average Bonchev–Trinajstić information content (AvgIpc) is 2.10. The first-order valence-electron chi connectivity index (χ1n) is 3.75. The van der Waals surface area contributed by atoms with Gasteiger partial charge in [0.05, 0.1) is 12.1 Å². The predicted molar refractivity (Wildman–Crippen MR) is 49.5 cm³/mol. The minimum atomic E-state index is -0.542. The number of benzene rings is 1. The molecule has 0 heterocycles. The van der Waals surface area contributed by atoms with Crippen molar-refractivity contribution in [1.29, 1.82) is 0 Å². The molecule has 2 nitrogen and oxygen atoms in total. The Kier molecular flexibility index (Phi) is 3.01. The topological polar surface area (TPSA) is 43.1 Å². The van der Waals surface area contributed by atoms with Crippen LogP contribution in [0.5, 0.6) is 0 Å². The summed E-state index contributed by atoms with van der Waals surface area (Å²) in [5.41, 5.74) is 5.43. The number of nitrogens with two attached hydrogens (primary N) is 1. The molecule has 1 aromatic rings. The number of aryl methyl sites for hydroxylation is 1. The number of rotatable bonds is 2. The highest BCUT2D eigenvalue weighted by molar-refractivity contribution is 6.31. The lowest BCUT2D eigenvalue weighted by molar-refractivity contribution is 0.0997. The predicted octanol–water partition coefficient (Wildman–Crippen LogP) is 1.93. The quantitative estimate of drug-likeness (QED) is 0.743. The first-order chi connectivity index (χ1) is 6.06. The number of hydrogen-bond acceptors (Lipinski definition) is 2. The minimum absolute atomic E-state index is 0.0347. The molecule has 2 N–H and O–H groups in total. The summed E-state index contributed by atoms with van der Waals surface area (Å²) in [7, 11) is 0. The Balaban J connectivity index is 3.28. The van der Waals surface area contributed by atoms with Crippen molar-refractivity contribution in [3.8, 4) is 0 Å². The van der Waals surface area contributed by atoms with Gasteiger partial charge in [0.1, 0.15) is 5.82 Å². The number of carbonyl (C=O) groups excluding carboxylic acids is 1. The third-order valence-electron chi connectivity index (χ3n) is 1.71. The van der Waals surface area contributed by atoms with Gasteiger partial charge >= 0.3 is 0 Å². The Morgan fingerprint density at radius 1 is 1.62 bits per heavy atom. The van der Waals surface area contributed by atoms with Crippen LogP contribution in [-0.2, 0) is 0 Å². The van der Waals surface area contributed by atoms with Gasteiger partial charge in [-0.15, -0.1) is 0 Å². The van der Waals surface area contributed by atoms with Crippen molar-refractivity contribution in [2.75, 3.05) is 6.54 Å². The van der Waals surface area contributed by atoms with E-state index < -0.39 is 11.6 Å². The lowest BCUT2D eigenvalue weighted by atomic mass is 10.1. The molecule has 0 bridgehead atoms. The standard InChI is InChI=1S/C9H9ClFNO/c1-5-2-6(10)3-7(9(5)11)8(13)4-12/h2-3H,4,12H2,1H3. The van der Waals surface area contributed by atoms with Gasteiger partial charge in [-0.1, -0.05) is 11.6 Å². The zero-order valence-electron chi connectivity index (χ0n) is 7.10. The van der Waals surface area contributed by atoms with Crippen molar-refractivity contribution in [3.63, 3.8) is 0 Å². The molecule has 70 valence electrons. The summed E-state index contributed by atoms with van der Waals surface area (Å²) >= 11 is 5.66. The molecule has 0 radical (unpaired) electrons. The molecule has 0 saturated carbocycles. The Labute approximate surface area is 80.5 Å². The maximum Gasteiger partial charge on any atom is 0.179 e. The maximum absolute atomic E-state index is 13.3. The summed E-state index contributed by atoms with van der Waals surface area (Å²) in [6.07, 6.45) is 0. The van der Waals surface area contributed by atoms with Gasteiger partial charge in [0.15, 0.2) is 5.78 Å². The highest BCUT2D eigenvalue weighted by atomic mass is 35.5. The van der Waals surface area contributed by atoms with Crippen LogP contribution in [-0.4, -0.2) is 12.3 Å². The summed E-state index contributed by atoms with van der Waals surface area (Å²) < 4.78 is 13.3. The first kappa shape index (κ1) is 10.2. The van der Waals surface area contributed by atoms with E-state index >= 15 is 0 Å². The van der Waals surface area contributed by atoms with Crippen molar-refractivity contribution in [2.24, 2.45) is 5.73 Å². The second-order valence-corrected chi connectivity index (χ2v) is 3.15. The van der Waals surface area contributed by atoms with Gasteiger partial charge in [0.25, 0.3) is 0 Å². The molecule has 0 aliphatic carbocycles. The van der Waals surface area contributed by atoms with Crippen molar-refractivity contribution in [1.82, 2.24) is 0 Å². The zero-order valence-corrected chi connectivity index (χ0v) is 7.86. The van der Waals surface area contributed by atoms with E-state index in [2.05, 4.69) is 0 Å². The van der Waals surface area contributed by atoms with Crippen LogP contribution in [0.1, 0.15) is 15.9 Å². The van der Waals surface area contributed by atoms with Crippen molar-refractivity contribution in [3.05, 3.63) is 34.1 Å². The molecule has 0 spiro atoms. The third kappa shape index (κ3) is 2.05. The summed E-state index contributed by atoms with van der Waals surface area (Å²) in [5.74, 6) is -0.983. The molecule has 0 aliphatic heterocycles. The van der Waals surface area contributed by atoms with Crippen LogP contribution in [0.2, 0.25) is 5.02 Å². The minimum Gasteiger partial charge on any atom is -0.324 e. The second-order valence-electron chi connectivity index (χ2n) is 2.71. The van der Waals surface area contributed by atoms with Crippen molar-refractivity contribution < 1.29 is 9.18 Å². The summed E-state index contributed by atoms with van der Waals surface area (Å²) in [5, 5.41) is 0.343. The van der Waals surface area contributed by atoms with Crippen LogP contribution in [0.4, 0.5) is 4.39 Å². The second kappa shape index (κ2) is 3.85. The molecular formula is C9H9ClFNO. The average molecular weight is 202 g/mol. The molecule has 4 heteroatoms. The van der Waals surface area contributed by atoms with Crippen LogP contribution in [0.3, 0.4) is 0 Å². The first-order valence-corrected chi connectivity index (χ1v) is 4.13. The van der Waals surface area contributed by atoms with Gasteiger partial charge < -0.3 is 5.73 Å². The molecule has 1 rings (SSSR count). The molecule has 0 aromatic heterocycles. The van der Waals surface area contributed by atoms with E-state index in [0.29, 0.717) is 10.6 Å². The summed E-state index contributed by atoms with van der Waals surface area (Å²) in [6.45, 7) is 1.34. The number of hydrogen-bond donors (Lipinski definition) is 1. The lowest BCUT2D eigenvalue weighted by Gasteiger charge is -2.03. The molecule has 0 fully saturated rings. The molecule has 0 aliphatic rings. The number of halogens is 2. The molecule has 13 heavy (non-hydrogen) atoms. The molecule has 0 saturated heterocycles. The van der Waals surface area contributed by atoms with Crippen molar-refractivity contribution in [2.45, 2.75) is 6.92 Å². The van der Waals surface area contributed by atoms with E-state index in [1.54, 1.807) is 6.92 Å². The lowest BCUT2D eigenvalue weighted by Crippen LogP contribution is -2.15. The van der Waals surface area contributed by atoms with Gasteiger partial charge in [-0.2, -0.15) is 0 Å². The van der Waals surface area contributed by atoms with Gasteiger partial charge in [0.2, 0.25) is 0 Å². The number of carbonyl (C=O) groups is 1. The van der Waals surface area contributed by atoms with E-state index in [-0.39, 0.29) is 12.1 Å². The highest BCUT2D eigenvalue weighted by Crippen LogP contribution is 2.19. The summed E-state index contributed by atoms with van der Waals surface area (Å²) in [6, 6.07) is 2.75. The van der Waals surface area contributed by atoms with Crippen LogP contribution in [0.15, 0.2) is 12.1 Å². The maximum atomic E-state index is 13.3. The largest absolute Gasteiger partial charge is 0.324 e. The van der Waals surface area contributed by atoms with E-state index in [1.807, 2.05) is 0 Å². The molecule has 0 amide bonds. The zero-order chi connectivity index (χ0) is 10.0. The normalized spacial score (nSPS) is 10.2. The van der Waals surface area contributed by atoms with E-state index in [1.165, 1.54) is 12.1 Å². The van der Waals surface area contributed by atoms with Gasteiger partial charge in [-0.05, 0) is 24.6 Å². The molecule has 0 atom stereocenters. The molecular weight excluding hydrogens is 193 g/mol. The van der Waals surface area contributed by atoms with Crippen LogP contribution in [0.25, 0.3) is 0 Å². The fourth-order valence-electron chi connectivity index (χ4n) is 1.04. The summed E-state index contributed by atoms with van der Waals surface area (Å²) in [4.78, 5) is 11.1. The fraction of sp³-hybridized carbons (Fsp3) is 0.222. The van der Waals surface area contributed by atoms with E-state index in [0.717, 1.165) is 0 Å². The van der Waals surface area contributed by atoms with E-state index in [4.69, 9.17) is 17.3 Å². The highest BCUT2D eigenvalue weighted by Gasteiger charge is 2.12. The third-order valence-corrected chi connectivity index (χ3v) is 1.92. The van der Waals surface area contributed by atoms with Gasteiger partial charge in [-0.3, -0.25) is 4.79 Å². The Morgan fingerprint density at radius 2 is 2.23 bits per heavy atom. The van der Waals surface area contributed by atoms with E-state index in [9.17, 15) is 9.18 Å². The Hall–Kier alpha value is -0.930. The Bertz CT molecular complexity index is 352. The SMILES string of the molecule is Cc1cc(Cl)cc(C(=O)CN)c1F. The number of Topliss-reactive ketones (excluding diaryl/α,β-unsaturated/α-hetero) is 1. The van der Waals surface area contributed by atoms with Crippen LogP contribution >= 0.6 is 11.6 Å². The fourth-order valence-corrected chi connectivity index (χ4v) is 1.31. The number of ketones is 1. The van der Waals surface area contributed by atoms with Crippen LogP contribution in [0, 0.1) is 12.7 Å².